The molecule has 0 atom stereocenters. The van der Waals surface area contributed by atoms with Gasteiger partial charge in [0.25, 0.3) is 0 Å². The average Bonchev–Trinajstić information content (AvgIpc) is 1.99. The smallest absolute Gasteiger partial charge is 0.0721 e. The van der Waals surface area contributed by atoms with Crippen LogP contribution in [0.2, 0.25) is 10.0 Å². The molecule has 1 nitrogen and oxygen atoms in total. The third-order valence-electron chi connectivity index (χ3n) is 1.51. The molecule has 0 N–H and O–H groups in total. The Kier molecular flexibility index (Phi) is 4.04. The first kappa shape index (κ1) is 10.8. The third kappa shape index (κ3) is 3.99. The SMILES string of the molecule is CC(C)OCc1cc(Cl)cc(Cl)c1. The van der Waals surface area contributed by atoms with Crippen LogP contribution in [0.3, 0.4) is 0 Å². The lowest BCUT2D eigenvalue weighted by molar-refractivity contribution is 0.0657. The number of hydrogen-bond donors (Lipinski definition) is 0. The topological polar surface area (TPSA) is 9.23 Å². The van der Waals surface area contributed by atoms with E-state index in [1.165, 1.54) is 0 Å². The van der Waals surface area contributed by atoms with Crippen molar-refractivity contribution >= 4 is 23.2 Å². The van der Waals surface area contributed by atoms with Crippen LogP contribution < -0.4 is 0 Å². The Balaban J connectivity index is 2.66. The summed E-state index contributed by atoms with van der Waals surface area (Å²) in [6.07, 6.45) is 0.220. The maximum atomic E-state index is 5.83. The van der Waals surface area contributed by atoms with Crippen molar-refractivity contribution in [3.63, 3.8) is 0 Å². The molecule has 0 radical (unpaired) electrons. The van der Waals surface area contributed by atoms with Crippen LogP contribution in [0.5, 0.6) is 0 Å². The zero-order valence-electron chi connectivity index (χ0n) is 7.68. The van der Waals surface area contributed by atoms with Crippen LogP contribution in [0.1, 0.15) is 19.4 Å². The molecule has 0 bridgehead atoms. The van der Waals surface area contributed by atoms with Crippen molar-refractivity contribution in [3.05, 3.63) is 33.8 Å². The highest BCUT2D eigenvalue weighted by molar-refractivity contribution is 6.34. The quantitative estimate of drug-likeness (QED) is 0.748. The summed E-state index contributed by atoms with van der Waals surface area (Å²) in [7, 11) is 0. The van der Waals surface area contributed by atoms with Crippen LogP contribution in [0.15, 0.2) is 18.2 Å². The van der Waals surface area contributed by atoms with E-state index in [9.17, 15) is 0 Å². The monoisotopic (exact) mass is 218 g/mol. The number of halogens is 2. The third-order valence-corrected chi connectivity index (χ3v) is 1.94. The van der Waals surface area contributed by atoms with Crippen molar-refractivity contribution in [2.45, 2.75) is 26.6 Å². The second kappa shape index (κ2) is 4.85. The average molecular weight is 219 g/mol. The molecule has 0 heterocycles. The summed E-state index contributed by atoms with van der Waals surface area (Å²) in [5.41, 5.74) is 1.01. The molecule has 0 aromatic heterocycles. The summed E-state index contributed by atoms with van der Waals surface area (Å²) in [5, 5.41) is 1.30. The molecule has 3 heteroatoms. The molecule has 1 rings (SSSR count). The second-order valence-corrected chi connectivity index (χ2v) is 4.01. The summed E-state index contributed by atoms with van der Waals surface area (Å²) in [6, 6.07) is 5.42. The Morgan fingerprint density at radius 2 is 1.69 bits per heavy atom. The van der Waals surface area contributed by atoms with Gasteiger partial charge in [-0.2, -0.15) is 0 Å². The molecule has 0 spiro atoms. The van der Waals surface area contributed by atoms with Crippen LogP contribution in [0.4, 0.5) is 0 Å². The van der Waals surface area contributed by atoms with E-state index < -0.39 is 0 Å². The van der Waals surface area contributed by atoms with Crippen LogP contribution in [-0.2, 0) is 11.3 Å². The highest BCUT2D eigenvalue weighted by atomic mass is 35.5. The lowest BCUT2D eigenvalue weighted by Crippen LogP contribution is -2.02. The van der Waals surface area contributed by atoms with Gasteiger partial charge in [0, 0.05) is 10.0 Å². The van der Waals surface area contributed by atoms with Crippen molar-refractivity contribution in [1.82, 2.24) is 0 Å². The zero-order chi connectivity index (χ0) is 9.84. The van der Waals surface area contributed by atoms with Crippen molar-refractivity contribution < 1.29 is 4.74 Å². The van der Waals surface area contributed by atoms with Gasteiger partial charge < -0.3 is 4.74 Å². The fourth-order valence-corrected chi connectivity index (χ4v) is 1.53. The molecule has 13 heavy (non-hydrogen) atoms. The van der Waals surface area contributed by atoms with Gasteiger partial charge in [0.15, 0.2) is 0 Å². The fourth-order valence-electron chi connectivity index (χ4n) is 0.957. The predicted molar refractivity (Wildman–Crippen MR) is 56.4 cm³/mol. The van der Waals surface area contributed by atoms with E-state index in [1.54, 1.807) is 6.07 Å². The summed E-state index contributed by atoms with van der Waals surface area (Å²) >= 11 is 11.7. The number of benzene rings is 1. The standard InChI is InChI=1S/C10H12Cl2O/c1-7(2)13-6-8-3-9(11)5-10(12)4-8/h3-5,7H,6H2,1-2H3. The van der Waals surface area contributed by atoms with Crippen LogP contribution >= 0.6 is 23.2 Å². The molecule has 0 fully saturated rings. The lowest BCUT2D eigenvalue weighted by atomic mass is 10.2. The van der Waals surface area contributed by atoms with Crippen molar-refractivity contribution in [3.8, 4) is 0 Å². The number of hydrogen-bond acceptors (Lipinski definition) is 1. The Bertz CT molecular complexity index is 264. The summed E-state index contributed by atoms with van der Waals surface area (Å²) < 4.78 is 5.42. The highest BCUT2D eigenvalue weighted by Gasteiger charge is 1.99. The molecule has 1 aromatic rings. The van der Waals surface area contributed by atoms with Gasteiger partial charge in [-0.05, 0) is 37.6 Å². The van der Waals surface area contributed by atoms with Gasteiger partial charge in [-0.25, -0.2) is 0 Å². The molecular formula is C10H12Cl2O. The largest absolute Gasteiger partial charge is 0.374 e. The van der Waals surface area contributed by atoms with Crippen molar-refractivity contribution in [1.29, 1.82) is 0 Å². The zero-order valence-corrected chi connectivity index (χ0v) is 9.19. The molecule has 0 amide bonds. The summed E-state index contributed by atoms with van der Waals surface area (Å²) in [5.74, 6) is 0. The van der Waals surface area contributed by atoms with Crippen molar-refractivity contribution in [2.24, 2.45) is 0 Å². The molecule has 1 aromatic carbocycles. The first-order chi connectivity index (χ1) is 6.08. The van der Waals surface area contributed by atoms with Gasteiger partial charge >= 0.3 is 0 Å². The minimum atomic E-state index is 0.220. The normalized spacial score (nSPS) is 10.8. The van der Waals surface area contributed by atoms with E-state index in [1.807, 2.05) is 26.0 Å². The molecule has 0 unspecified atom stereocenters. The molecule has 72 valence electrons. The number of rotatable bonds is 3. The minimum absolute atomic E-state index is 0.220. The van der Waals surface area contributed by atoms with E-state index in [2.05, 4.69) is 0 Å². The van der Waals surface area contributed by atoms with Crippen LogP contribution in [0, 0.1) is 0 Å². The van der Waals surface area contributed by atoms with Gasteiger partial charge in [-0.1, -0.05) is 23.2 Å². The Morgan fingerprint density at radius 3 is 2.15 bits per heavy atom. The lowest BCUT2D eigenvalue weighted by Gasteiger charge is -2.07. The predicted octanol–water partition coefficient (Wildman–Crippen LogP) is 3.92. The van der Waals surface area contributed by atoms with E-state index >= 15 is 0 Å². The van der Waals surface area contributed by atoms with Gasteiger partial charge in [-0.15, -0.1) is 0 Å². The van der Waals surface area contributed by atoms with E-state index in [0.29, 0.717) is 16.7 Å². The van der Waals surface area contributed by atoms with Crippen LogP contribution in [0.25, 0.3) is 0 Å². The first-order valence-corrected chi connectivity index (χ1v) is 4.90. The second-order valence-electron chi connectivity index (χ2n) is 3.14. The Morgan fingerprint density at radius 1 is 1.15 bits per heavy atom. The van der Waals surface area contributed by atoms with Gasteiger partial charge in [0.1, 0.15) is 0 Å². The van der Waals surface area contributed by atoms with Gasteiger partial charge in [0.05, 0.1) is 12.7 Å². The first-order valence-electron chi connectivity index (χ1n) is 4.14. The Labute approximate surface area is 88.6 Å². The van der Waals surface area contributed by atoms with E-state index in [4.69, 9.17) is 27.9 Å². The molecule has 0 saturated heterocycles. The maximum absolute atomic E-state index is 5.83. The molecular weight excluding hydrogens is 207 g/mol. The Hall–Kier alpha value is -0.240. The van der Waals surface area contributed by atoms with E-state index in [0.717, 1.165) is 5.56 Å². The van der Waals surface area contributed by atoms with Crippen molar-refractivity contribution in [2.75, 3.05) is 0 Å². The number of ether oxygens (including phenoxy) is 1. The summed E-state index contributed by atoms with van der Waals surface area (Å²) in [4.78, 5) is 0. The molecule has 0 saturated carbocycles. The fraction of sp³-hybridized carbons (Fsp3) is 0.400. The van der Waals surface area contributed by atoms with Gasteiger partial charge in [0.2, 0.25) is 0 Å². The minimum Gasteiger partial charge on any atom is -0.374 e. The van der Waals surface area contributed by atoms with Crippen LogP contribution in [-0.4, -0.2) is 6.10 Å². The van der Waals surface area contributed by atoms with Gasteiger partial charge in [-0.3, -0.25) is 0 Å². The molecule has 0 aliphatic rings. The molecule has 0 aliphatic carbocycles. The highest BCUT2D eigenvalue weighted by Crippen LogP contribution is 2.19. The summed E-state index contributed by atoms with van der Waals surface area (Å²) in [6.45, 7) is 4.54. The van der Waals surface area contributed by atoms with E-state index in [-0.39, 0.29) is 6.10 Å². The molecule has 0 aliphatic heterocycles. The maximum Gasteiger partial charge on any atom is 0.0721 e.